The van der Waals surface area contributed by atoms with Gasteiger partial charge in [-0.1, -0.05) is 58.4 Å². The molecule has 98 valence electrons. The molecule has 1 N–H and O–H groups in total. The molecule has 1 fully saturated rings. The predicted octanol–water partition coefficient (Wildman–Crippen LogP) is 4.66. The van der Waals surface area contributed by atoms with Crippen molar-refractivity contribution in [2.75, 3.05) is 0 Å². The molecule has 0 aromatic heterocycles. The fraction of sp³-hybridized carbons (Fsp3) is 0.294. The van der Waals surface area contributed by atoms with Crippen LogP contribution in [0.1, 0.15) is 36.4 Å². The molecular weight excluding hydrogens is 298 g/mol. The SMILES string of the molecule is CC(NC1CC1c1ccccc1)c1cccc(Br)c1. The van der Waals surface area contributed by atoms with Gasteiger partial charge in [0.15, 0.2) is 0 Å². The number of nitrogens with one attached hydrogen (secondary N) is 1. The summed E-state index contributed by atoms with van der Waals surface area (Å²) in [5.41, 5.74) is 2.80. The van der Waals surface area contributed by atoms with Crippen LogP contribution in [0.2, 0.25) is 0 Å². The Balaban J connectivity index is 1.62. The molecule has 1 aliphatic rings. The largest absolute Gasteiger partial charge is 0.307 e. The summed E-state index contributed by atoms with van der Waals surface area (Å²) in [7, 11) is 0. The van der Waals surface area contributed by atoms with E-state index in [0.717, 1.165) is 4.47 Å². The number of benzene rings is 2. The first-order valence-electron chi connectivity index (χ1n) is 6.80. The Hall–Kier alpha value is -1.12. The summed E-state index contributed by atoms with van der Waals surface area (Å²) in [5, 5.41) is 3.73. The maximum atomic E-state index is 3.73. The fourth-order valence-corrected chi connectivity index (χ4v) is 3.06. The lowest BCUT2D eigenvalue weighted by Crippen LogP contribution is -2.22. The van der Waals surface area contributed by atoms with Crippen molar-refractivity contribution >= 4 is 15.9 Å². The quantitative estimate of drug-likeness (QED) is 0.865. The van der Waals surface area contributed by atoms with Crippen LogP contribution < -0.4 is 5.32 Å². The number of rotatable bonds is 4. The maximum absolute atomic E-state index is 3.73. The van der Waals surface area contributed by atoms with Crippen LogP contribution in [0.25, 0.3) is 0 Å². The van der Waals surface area contributed by atoms with Gasteiger partial charge >= 0.3 is 0 Å². The van der Waals surface area contributed by atoms with Gasteiger partial charge in [0.2, 0.25) is 0 Å². The summed E-state index contributed by atoms with van der Waals surface area (Å²) in [6, 6.07) is 20.4. The molecule has 2 aromatic rings. The second-order valence-corrected chi connectivity index (χ2v) is 6.22. The van der Waals surface area contributed by atoms with Crippen molar-refractivity contribution in [2.24, 2.45) is 0 Å². The topological polar surface area (TPSA) is 12.0 Å². The molecule has 2 aromatic carbocycles. The highest BCUT2D eigenvalue weighted by Gasteiger charge is 2.38. The summed E-state index contributed by atoms with van der Waals surface area (Å²) in [4.78, 5) is 0. The van der Waals surface area contributed by atoms with Crippen LogP contribution in [0, 0.1) is 0 Å². The average Bonchev–Trinajstić information content (AvgIpc) is 3.19. The van der Waals surface area contributed by atoms with E-state index in [1.54, 1.807) is 0 Å². The van der Waals surface area contributed by atoms with E-state index >= 15 is 0 Å². The maximum Gasteiger partial charge on any atom is 0.0294 e. The summed E-state index contributed by atoms with van der Waals surface area (Å²) >= 11 is 3.53. The minimum absolute atomic E-state index is 0.399. The van der Waals surface area contributed by atoms with E-state index in [-0.39, 0.29) is 0 Å². The Labute approximate surface area is 123 Å². The van der Waals surface area contributed by atoms with E-state index in [1.807, 2.05) is 0 Å². The standard InChI is InChI=1S/C17H18BrN/c1-12(14-8-5-9-15(18)10-14)19-17-11-16(17)13-6-3-2-4-7-13/h2-10,12,16-17,19H,11H2,1H3. The third kappa shape index (κ3) is 3.07. The zero-order valence-corrected chi connectivity index (χ0v) is 12.6. The molecule has 0 heterocycles. The lowest BCUT2D eigenvalue weighted by Gasteiger charge is -2.14. The molecule has 0 aliphatic heterocycles. The van der Waals surface area contributed by atoms with E-state index in [0.29, 0.717) is 18.0 Å². The Kier molecular flexibility index (Phi) is 3.72. The highest BCUT2D eigenvalue weighted by molar-refractivity contribution is 9.10. The predicted molar refractivity (Wildman–Crippen MR) is 83.3 cm³/mol. The fourth-order valence-electron chi connectivity index (χ4n) is 2.64. The first kappa shape index (κ1) is 12.9. The molecule has 19 heavy (non-hydrogen) atoms. The second kappa shape index (κ2) is 5.48. The van der Waals surface area contributed by atoms with Gasteiger partial charge < -0.3 is 5.32 Å². The molecule has 0 radical (unpaired) electrons. The molecule has 3 unspecified atom stereocenters. The molecule has 1 aliphatic carbocycles. The van der Waals surface area contributed by atoms with Crippen molar-refractivity contribution in [3.8, 4) is 0 Å². The van der Waals surface area contributed by atoms with E-state index in [2.05, 4.69) is 82.8 Å². The first-order chi connectivity index (χ1) is 9.24. The van der Waals surface area contributed by atoms with Gasteiger partial charge in [0, 0.05) is 22.5 Å². The molecule has 1 nitrogen and oxygen atoms in total. The highest BCUT2D eigenvalue weighted by Crippen LogP contribution is 2.41. The minimum atomic E-state index is 0.399. The summed E-state index contributed by atoms with van der Waals surface area (Å²) in [5.74, 6) is 0.691. The molecule has 0 spiro atoms. The van der Waals surface area contributed by atoms with Crippen molar-refractivity contribution in [3.63, 3.8) is 0 Å². The molecule has 3 atom stereocenters. The monoisotopic (exact) mass is 315 g/mol. The first-order valence-corrected chi connectivity index (χ1v) is 7.60. The smallest absolute Gasteiger partial charge is 0.0294 e. The van der Waals surface area contributed by atoms with E-state index in [9.17, 15) is 0 Å². The van der Waals surface area contributed by atoms with Crippen molar-refractivity contribution in [1.82, 2.24) is 5.32 Å². The molecular formula is C17H18BrN. The molecule has 1 saturated carbocycles. The van der Waals surface area contributed by atoms with Gasteiger partial charge in [0.25, 0.3) is 0 Å². The Morgan fingerprint density at radius 1 is 1.11 bits per heavy atom. The van der Waals surface area contributed by atoms with Gasteiger partial charge in [-0.15, -0.1) is 0 Å². The van der Waals surface area contributed by atoms with Crippen LogP contribution in [-0.2, 0) is 0 Å². The van der Waals surface area contributed by atoms with Gasteiger partial charge in [-0.2, -0.15) is 0 Å². The molecule has 0 saturated heterocycles. The summed E-state index contributed by atoms with van der Waals surface area (Å²) < 4.78 is 1.15. The van der Waals surface area contributed by atoms with Crippen LogP contribution >= 0.6 is 15.9 Å². The summed E-state index contributed by atoms with van der Waals surface area (Å²) in [6.45, 7) is 2.24. The molecule has 3 rings (SSSR count). The normalized spacial score (nSPS) is 23.1. The van der Waals surface area contributed by atoms with E-state index < -0.39 is 0 Å². The average molecular weight is 316 g/mol. The van der Waals surface area contributed by atoms with Crippen LogP contribution in [0.5, 0.6) is 0 Å². The van der Waals surface area contributed by atoms with Crippen LogP contribution in [0.4, 0.5) is 0 Å². The lowest BCUT2D eigenvalue weighted by molar-refractivity contribution is 0.562. The third-order valence-electron chi connectivity index (χ3n) is 3.83. The van der Waals surface area contributed by atoms with Crippen LogP contribution in [0.15, 0.2) is 59.1 Å². The van der Waals surface area contributed by atoms with Gasteiger partial charge in [-0.25, -0.2) is 0 Å². The minimum Gasteiger partial charge on any atom is -0.307 e. The van der Waals surface area contributed by atoms with Crippen molar-refractivity contribution < 1.29 is 0 Å². The molecule has 0 amide bonds. The number of hydrogen-bond donors (Lipinski definition) is 1. The molecule has 2 heteroatoms. The summed E-state index contributed by atoms with van der Waals surface area (Å²) in [6.07, 6.45) is 1.25. The zero-order chi connectivity index (χ0) is 13.2. The van der Waals surface area contributed by atoms with Crippen LogP contribution in [0.3, 0.4) is 0 Å². The Morgan fingerprint density at radius 3 is 2.63 bits per heavy atom. The van der Waals surface area contributed by atoms with Gasteiger partial charge in [0.05, 0.1) is 0 Å². The van der Waals surface area contributed by atoms with Crippen molar-refractivity contribution in [1.29, 1.82) is 0 Å². The highest BCUT2D eigenvalue weighted by atomic mass is 79.9. The van der Waals surface area contributed by atoms with Gasteiger partial charge in [0.1, 0.15) is 0 Å². The van der Waals surface area contributed by atoms with E-state index in [4.69, 9.17) is 0 Å². The van der Waals surface area contributed by atoms with Gasteiger partial charge in [-0.05, 0) is 36.6 Å². The van der Waals surface area contributed by atoms with E-state index in [1.165, 1.54) is 17.5 Å². The number of hydrogen-bond acceptors (Lipinski definition) is 1. The van der Waals surface area contributed by atoms with Gasteiger partial charge in [-0.3, -0.25) is 0 Å². The lowest BCUT2D eigenvalue weighted by atomic mass is 10.1. The van der Waals surface area contributed by atoms with Crippen LogP contribution in [-0.4, -0.2) is 6.04 Å². The Bertz CT molecular complexity index is 552. The second-order valence-electron chi connectivity index (χ2n) is 5.30. The molecule has 0 bridgehead atoms. The number of halogens is 1. The Morgan fingerprint density at radius 2 is 1.89 bits per heavy atom. The van der Waals surface area contributed by atoms with Crippen molar-refractivity contribution in [3.05, 3.63) is 70.2 Å². The third-order valence-corrected chi connectivity index (χ3v) is 4.32. The zero-order valence-electron chi connectivity index (χ0n) is 11.0. The van der Waals surface area contributed by atoms with Crippen molar-refractivity contribution in [2.45, 2.75) is 31.3 Å².